The fourth-order valence-corrected chi connectivity index (χ4v) is 2.92. The van der Waals surface area contributed by atoms with Gasteiger partial charge in [-0.15, -0.1) is 11.8 Å². The Labute approximate surface area is 112 Å². The molecule has 0 aliphatic heterocycles. The highest BCUT2D eigenvalue weighted by atomic mass is 32.2. The average Bonchev–Trinajstić information content (AvgIpc) is 2.42. The van der Waals surface area contributed by atoms with Crippen LogP contribution in [0.4, 0.5) is 0 Å². The van der Waals surface area contributed by atoms with Crippen molar-refractivity contribution in [2.75, 3.05) is 6.61 Å². The van der Waals surface area contributed by atoms with E-state index in [-0.39, 0.29) is 6.61 Å². The number of hydrogen-bond acceptors (Lipinski definition) is 4. The van der Waals surface area contributed by atoms with E-state index in [1.165, 1.54) is 0 Å². The van der Waals surface area contributed by atoms with Crippen LogP contribution in [-0.2, 0) is 0 Å². The molecule has 1 aromatic carbocycles. The summed E-state index contributed by atoms with van der Waals surface area (Å²) in [5.74, 6) is 0. The van der Waals surface area contributed by atoms with Crippen molar-refractivity contribution in [1.29, 1.82) is 10.5 Å². The second kappa shape index (κ2) is 7.76. The standard InChI is InChI=1S/C14H16N2OS/c1-2-12(6-4-8-17)18-14-7-3-5-11(9-15)13(14)10-16/h3,5,7,12,17H,2,4,6,8H2,1H3. The minimum atomic E-state index is 0.195. The topological polar surface area (TPSA) is 67.8 Å². The molecule has 0 aliphatic rings. The number of thioether (sulfide) groups is 1. The minimum absolute atomic E-state index is 0.195. The summed E-state index contributed by atoms with van der Waals surface area (Å²) in [6, 6.07) is 9.50. The molecule has 1 rings (SSSR count). The molecule has 94 valence electrons. The number of nitrogens with zero attached hydrogens (tertiary/aromatic N) is 2. The maximum Gasteiger partial charge on any atom is 0.102 e. The first kappa shape index (κ1) is 14.6. The Morgan fingerprint density at radius 3 is 2.67 bits per heavy atom. The highest BCUT2D eigenvalue weighted by Crippen LogP contribution is 2.32. The summed E-state index contributed by atoms with van der Waals surface area (Å²) in [6.07, 6.45) is 2.66. The Balaban J connectivity index is 2.90. The highest BCUT2D eigenvalue weighted by molar-refractivity contribution is 8.00. The van der Waals surface area contributed by atoms with Crippen LogP contribution in [0.1, 0.15) is 37.3 Å². The van der Waals surface area contributed by atoms with Crippen LogP contribution in [0.3, 0.4) is 0 Å². The highest BCUT2D eigenvalue weighted by Gasteiger charge is 2.13. The van der Waals surface area contributed by atoms with E-state index in [0.717, 1.165) is 24.2 Å². The van der Waals surface area contributed by atoms with Gasteiger partial charge in [-0.2, -0.15) is 10.5 Å². The summed E-state index contributed by atoms with van der Waals surface area (Å²) >= 11 is 1.62. The molecule has 1 aromatic rings. The summed E-state index contributed by atoms with van der Waals surface area (Å²) in [4.78, 5) is 0.862. The Morgan fingerprint density at radius 2 is 2.11 bits per heavy atom. The van der Waals surface area contributed by atoms with E-state index < -0.39 is 0 Å². The molecule has 0 heterocycles. The van der Waals surface area contributed by atoms with Crippen LogP contribution in [0.5, 0.6) is 0 Å². The normalized spacial score (nSPS) is 11.6. The first-order valence-corrected chi connectivity index (χ1v) is 6.85. The monoisotopic (exact) mass is 260 g/mol. The van der Waals surface area contributed by atoms with Gasteiger partial charge >= 0.3 is 0 Å². The number of aliphatic hydroxyl groups excluding tert-OH is 1. The van der Waals surface area contributed by atoms with Gasteiger partial charge in [0.2, 0.25) is 0 Å². The van der Waals surface area contributed by atoms with Crippen molar-refractivity contribution in [2.45, 2.75) is 36.3 Å². The van der Waals surface area contributed by atoms with Crippen molar-refractivity contribution in [3.8, 4) is 12.1 Å². The molecule has 0 bridgehead atoms. The molecular formula is C14H16N2OS. The van der Waals surface area contributed by atoms with Gasteiger partial charge in [0.25, 0.3) is 0 Å². The van der Waals surface area contributed by atoms with Crippen LogP contribution in [0, 0.1) is 22.7 Å². The molecule has 0 aromatic heterocycles. The second-order valence-corrected chi connectivity index (χ2v) is 5.26. The van der Waals surface area contributed by atoms with Crippen LogP contribution in [0.25, 0.3) is 0 Å². The van der Waals surface area contributed by atoms with Gasteiger partial charge in [0.1, 0.15) is 12.1 Å². The van der Waals surface area contributed by atoms with E-state index in [1.54, 1.807) is 23.9 Å². The number of nitriles is 2. The van der Waals surface area contributed by atoms with Gasteiger partial charge in [-0.25, -0.2) is 0 Å². The number of benzene rings is 1. The van der Waals surface area contributed by atoms with Crippen LogP contribution < -0.4 is 0 Å². The first-order chi connectivity index (χ1) is 8.76. The van der Waals surface area contributed by atoms with Gasteiger partial charge in [0, 0.05) is 16.8 Å². The zero-order valence-corrected chi connectivity index (χ0v) is 11.2. The number of hydrogen-bond donors (Lipinski definition) is 1. The van der Waals surface area contributed by atoms with Gasteiger partial charge in [-0.3, -0.25) is 0 Å². The molecule has 1 atom stereocenters. The summed E-state index contributed by atoms with van der Waals surface area (Å²) < 4.78 is 0. The zero-order valence-electron chi connectivity index (χ0n) is 10.4. The summed E-state index contributed by atoms with van der Waals surface area (Å²) in [5.41, 5.74) is 0.895. The predicted octanol–water partition coefficient (Wildman–Crippen LogP) is 3.07. The summed E-state index contributed by atoms with van der Waals surface area (Å²) in [7, 11) is 0. The Bertz CT molecular complexity index is 474. The predicted molar refractivity (Wildman–Crippen MR) is 72.1 cm³/mol. The number of aliphatic hydroxyl groups is 1. The third kappa shape index (κ3) is 3.77. The Kier molecular flexibility index (Phi) is 6.28. The van der Waals surface area contributed by atoms with Crippen molar-refractivity contribution < 1.29 is 5.11 Å². The van der Waals surface area contributed by atoms with E-state index in [4.69, 9.17) is 15.6 Å². The SMILES string of the molecule is CCC(CCCO)Sc1cccc(C#N)c1C#N. The molecule has 3 nitrogen and oxygen atoms in total. The summed E-state index contributed by atoms with van der Waals surface area (Å²) in [5, 5.41) is 27.3. The molecular weight excluding hydrogens is 244 g/mol. The molecule has 0 fully saturated rings. The maximum atomic E-state index is 9.14. The Hall–Kier alpha value is -1.49. The lowest BCUT2D eigenvalue weighted by Gasteiger charge is -2.14. The van der Waals surface area contributed by atoms with E-state index >= 15 is 0 Å². The molecule has 0 spiro atoms. The third-order valence-corrected chi connectivity index (χ3v) is 4.19. The molecule has 0 aliphatic carbocycles. The van der Waals surface area contributed by atoms with Gasteiger partial charge < -0.3 is 5.11 Å². The molecule has 0 saturated heterocycles. The Morgan fingerprint density at radius 1 is 1.33 bits per heavy atom. The van der Waals surface area contributed by atoms with E-state index in [9.17, 15) is 0 Å². The van der Waals surface area contributed by atoms with E-state index in [2.05, 4.69) is 13.0 Å². The van der Waals surface area contributed by atoms with Crippen molar-refractivity contribution in [1.82, 2.24) is 0 Å². The van der Waals surface area contributed by atoms with Crippen LogP contribution in [0.2, 0.25) is 0 Å². The molecule has 18 heavy (non-hydrogen) atoms. The largest absolute Gasteiger partial charge is 0.396 e. The van der Waals surface area contributed by atoms with E-state index in [1.807, 2.05) is 12.1 Å². The van der Waals surface area contributed by atoms with Crippen LogP contribution >= 0.6 is 11.8 Å². The molecule has 1 unspecified atom stereocenters. The van der Waals surface area contributed by atoms with Crippen LogP contribution in [-0.4, -0.2) is 17.0 Å². The maximum absolute atomic E-state index is 9.14. The quantitative estimate of drug-likeness (QED) is 0.798. The fourth-order valence-electron chi connectivity index (χ4n) is 1.68. The minimum Gasteiger partial charge on any atom is -0.396 e. The molecule has 0 amide bonds. The number of rotatable bonds is 6. The molecule has 0 radical (unpaired) electrons. The van der Waals surface area contributed by atoms with Crippen molar-refractivity contribution >= 4 is 11.8 Å². The van der Waals surface area contributed by atoms with Crippen molar-refractivity contribution in [3.05, 3.63) is 29.3 Å². The molecule has 1 N–H and O–H groups in total. The van der Waals surface area contributed by atoms with Gasteiger partial charge in [-0.05, 0) is 31.4 Å². The summed E-state index contributed by atoms with van der Waals surface area (Å²) in [6.45, 7) is 2.29. The lowest BCUT2D eigenvalue weighted by molar-refractivity contribution is 0.284. The van der Waals surface area contributed by atoms with Gasteiger partial charge in [0.15, 0.2) is 0 Å². The van der Waals surface area contributed by atoms with Gasteiger partial charge in [0.05, 0.1) is 11.1 Å². The molecule has 0 saturated carbocycles. The lowest BCUT2D eigenvalue weighted by Crippen LogP contribution is -2.03. The van der Waals surface area contributed by atoms with Crippen molar-refractivity contribution in [2.24, 2.45) is 0 Å². The van der Waals surface area contributed by atoms with E-state index in [0.29, 0.717) is 16.4 Å². The molecule has 4 heteroatoms. The van der Waals surface area contributed by atoms with Crippen molar-refractivity contribution in [3.63, 3.8) is 0 Å². The van der Waals surface area contributed by atoms with Gasteiger partial charge in [-0.1, -0.05) is 13.0 Å². The smallest absolute Gasteiger partial charge is 0.102 e. The van der Waals surface area contributed by atoms with Crippen LogP contribution in [0.15, 0.2) is 23.1 Å². The second-order valence-electron chi connectivity index (χ2n) is 3.92. The average molecular weight is 260 g/mol. The third-order valence-electron chi connectivity index (χ3n) is 2.69. The fraction of sp³-hybridized carbons (Fsp3) is 0.429. The zero-order chi connectivity index (χ0) is 13.4. The lowest BCUT2D eigenvalue weighted by atomic mass is 10.1. The first-order valence-electron chi connectivity index (χ1n) is 5.97.